The average molecular weight is 337 g/mol. The van der Waals surface area contributed by atoms with Crippen LogP contribution in [0.2, 0.25) is 0 Å². The molecular weight excluding hydrogens is 319 g/mol. The molecule has 2 rings (SSSR count). The van der Waals surface area contributed by atoms with Gasteiger partial charge in [0, 0.05) is 12.7 Å². The summed E-state index contributed by atoms with van der Waals surface area (Å²) in [5.41, 5.74) is 1.04. The Kier molecular flexibility index (Phi) is 5.62. The number of carbonyl (C=O) groups excluding carboxylic acids is 1. The van der Waals surface area contributed by atoms with E-state index in [2.05, 4.69) is 5.32 Å². The second-order valence-electron chi connectivity index (χ2n) is 5.45. The number of carbonyl (C=O) groups is 1. The zero-order valence-corrected chi connectivity index (χ0v) is 13.4. The van der Waals surface area contributed by atoms with Crippen LogP contribution in [-0.4, -0.2) is 13.0 Å². The van der Waals surface area contributed by atoms with Gasteiger partial charge in [-0.05, 0) is 42.3 Å². The van der Waals surface area contributed by atoms with E-state index >= 15 is 0 Å². The number of halogens is 3. The molecule has 0 aliphatic heterocycles. The smallest absolute Gasteiger partial charge is 0.380 e. The molecular formula is C18H18F3NO2. The summed E-state index contributed by atoms with van der Waals surface area (Å²) >= 11 is 0. The molecule has 0 fully saturated rings. The number of rotatable bonds is 5. The summed E-state index contributed by atoms with van der Waals surface area (Å²) in [4.78, 5) is 12.2. The molecule has 2 aromatic carbocycles. The van der Waals surface area contributed by atoms with Crippen molar-refractivity contribution in [2.24, 2.45) is 0 Å². The first-order valence-corrected chi connectivity index (χ1v) is 7.37. The van der Waals surface area contributed by atoms with E-state index in [-0.39, 0.29) is 5.91 Å². The highest BCUT2D eigenvalue weighted by atomic mass is 19.4. The first kappa shape index (κ1) is 18.0. The molecule has 0 aromatic heterocycles. The van der Waals surface area contributed by atoms with Crippen LogP contribution in [0.4, 0.5) is 13.2 Å². The largest absolute Gasteiger partial charge is 0.416 e. The zero-order chi connectivity index (χ0) is 17.7. The Morgan fingerprint density at radius 3 is 2.42 bits per heavy atom. The van der Waals surface area contributed by atoms with E-state index in [1.165, 1.54) is 6.07 Å². The van der Waals surface area contributed by atoms with Crippen molar-refractivity contribution in [1.29, 1.82) is 0 Å². The van der Waals surface area contributed by atoms with E-state index in [0.29, 0.717) is 17.7 Å². The monoisotopic (exact) mass is 337 g/mol. The second-order valence-corrected chi connectivity index (χ2v) is 5.45. The van der Waals surface area contributed by atoms with Gasteiger partial charge < -0.3 is 10.1 Å². The number of amides is 1. The summed E-state index contributed by atoms with van der Waals surface area (Å²) < 4.78 is 43.3. The lowest BCUT2D eigenvalue weighted by molar-refractivity contribution is -0.137. The molecule has 0 saturated heterocycles. The molecule has 0 aliphatic rings. The van der Waals surface area contributed by atoms with Crippen molar-refractivity contribution in [3.63, 3.8) is 0 Å². The van der Waals surface area contributed by atoms with Gasteiger partial charge in [0.05, 0.1) is 18.2 Å². The number of methoxy groups -OCH3 is 1. The molecule has 24 heavy (non-hydrogen) atoms. The predicted molar refractivity (Wildman–Crippen MR) is 84.5 cm³/mol. The van der Waals surface area contributed by atoms with Gasteiger partial charge in [0.2, 0.25) is 0 Å². The fraction of sp³-hybridized carbons (Fsp3) is 0.278. The van der Waals surface area contributed by atoms with E-state index in [9.17, 15) is 18.0 Å². The van der Waals surface area contributed by atoms with Crippen molar-refractivity contribution in [2.45, 2.75) is 25.7 Å². The lowest BCUT2D eigenvalue weighted by Gasteiger charge is -2.16. The van der Waals surface area contributed by atoms with Crippen molar-refractivity contribution >= 4 is 5.91 Å². The van der Waals surface area contributed by atoms with E-state index in [1.807, 2.05) is 0 Å². The molecule has 1 N–H and O–H groups in total. The number of nitrogens with one attached hydrogen (secondary N) is 1. The molecule has 0 heterocycles. The fourth-order valence-corrected chi connectivity index (χ4v) is 2.27. The Morgan fingerprint density at radius 1 is 1.17 bits per heavy atom. The van der Waals surface area contributed by atoms with Crippen molar-refractivity contribution in [2.75, 3.05) is 7.11 Å². The topological polar surface area (TPSA) is 38.3 Å². The minimum atomic E-state index is -4.41. The van der Waals surface area contributed by atoms with Gasteiger partial charge in [-0.25, -0.2) is 0 Å². The van der Waals surface area contributed by atoms with Gasteiger partial charge in [-0.3, -0.25) is 4.79 Å². The average Bonchev–Trinajstić information content (AvgIpc) is 2.55. The van der Waals surface area contributed by atoms with Crippen LogP contribution in [0.5, 0.6) is 0 Å². The Morgan fingerprint density at radius 2 is 1.83 bits per heavy atom. The molecule has 128 valence electrons. The third-order valence-corrected chi connectivity index (χ3v) is 3.59. The quantitative estimate of drug-likeness (QED) is 0.881. The molecule has 0 bridgehead atoms. The van der Waals surface area contributed by atoms with Crippen LogP contribution < -0.4 is 5.32 Å². The summed E-state index contributed by atoms with van der Waals surface area (Å²) in [5.74, 6) is -0.344. The molecule has 2 aromatic rings. The summed E-state index contributed by atoms with van der Waals surface area (Å²) in [6.45, 7) is 2.09. The highest BCUT2D eigenvalue weighted by Crippen LogP contribution is 2.30. The Hall–Kier alpha value is -2.34. The third-order valence-electron chi connectivity index (χ3n) is 3.59. The molecule has 1 atom stereocenters. The molecule has 3 nitrogen and oxygen atoms in total. The van der Waals surface area contributed by atoms with Crippen molar-refractivity contribution in [1.82, 2.24) is 5.32 Å². The Bertz CT molecular complexity index is 696. The van der Waals surface area contributed by atoms with E-state index in [0.717, 1.165) is 17.7 Å². The van der Waals surface area contributed by atoms with Gasteiger partial charge in [0.15, 0.2) is 0 Å². The molecule has 0 saturated carbocycles. The molecule has 0 radical (unpaired) electrons. The van der Waals surface area contributed by atoms with Crippen LogP contribution >= 0.6 is 0 Å². The summed E-state index contributed by atoms with van der Waals surface area (Å²) in [6, 6.07) is 11.3. The van der Waals surface area contributed by atoms with Crippen molar-refractivity contribution in [3.05, 3.63) is 70.8 Å². The second kappa shape index (κ2) is 7.49. The number of benzene rings is 2. The number of alkyl halides is 3. The first-order valence-electron chi connectivity index (χ1n) is 7.37. The number of hydrogen-bond acceptors (Lipinski definition) is 2. The Balaban J connectivity index is 2.08. The van der Waals surface area contributed by atoms with Crippen LogP contribution in [0.3, 0.4) is 0 Å². The minimum absolute atomic E-state index is 0.344. The summed E-state index contributed by atoms with van der Waals surface area (Å²) in [6.07, 6.45) is -4.41. The summed E-state index contributed by atoms with van der Waals surface area (Å²) in [7, 11) is 1.58. The van der Waals surface area contributed by atoms with Gasteiger partial charge >= 0.3 is 6.18 Å². The zero-order valence-electron chi connectivity index (χ0n) is 13.4. The van der Waals surface area contributed by atoms with Gasteiger partial charge in [-0.2, -0.15) is 13.2 Å². The first-order chi connectivity index (χ1) is 11.3. The molecule has 0 spiro atoms. The van der Waals surface area contributed by atoms with Crippen LogP contribution in [-0.2, 0) is 17.5 Å². The fourth-order valence-electron chi connectivity index (χ4n) is 2.27. The highest BCUT2D eigenvalue weighted by molar-refractivity contribution is 5.94. The van der Waals surface area contributed by atoms with Gasteiger partial charge in [-0.1, -0.05) is 24.3 Å². The highest BCUT2D eigenvalue weighted by Gasteiger charge is 2.30. The van der Waals surface area contributed by atoms with Crippen molar-refractivity contribution in [3.8, 4) is 0 Å². The van der Waals surface area contributed by atoms with E-state index in [1.54, 1.807) is 44.4 Å². The Labute approximate surface area is 138 Å². The lowest BCUT2D eigenvalue weighted by Crippen LogP contribution is -2.26. The minimum Gasteiger partial charge on any atom is -0.380 e. The maximum Gasteiger partial charge on any atom is 0.416 e. The van der Waals surface area contributed by atoms with E-state index in [4.69, 9.17) is 4.74 Å². The standard InChI is InChI=1S/C18H18F3NO2/c1-12(15-4-3-5-16(10-15)18(19,20)21)22-17(23)14-8-6-13(7-9-14)11-24-2/h3-10,12H,11H2,1-2H3,(H,22,23). The maximum absolute atomic E-state index is 12.8. The molecule has 1 unspecified atom stereocenters. The molecule has 1 amide bonds. The van der Waals surface area contributed by atoms with Gasteiger partial charge in [-0.15, -0.1) is 0 Å². The SMILES string of the molecule is COCc1ccc(C(=O)NC(C)c2cccc(C(F)(F)F)c2)cc1. The number of hydrogen-bond donors (Lipinski definition) is 1. The van der Waals surface area contributed by atoms with Gasteiger partial charge in [0.1, 0.15) is 0 Å². The molecule has 0 aliphatic carbocycles. The maximum atomic E-state index is 12.8. The van der Waals surface area contributed by atoms with Crippen LogP contribution in [0, 0.1) is 0 Å². The van der Waals surface area contributed by atoms with E-state index < -0.39 is 17.8 Å². The third kappa shape index (κ3) is 4.58. The predicted octanol–water partition coefficient (Wildman–Crippen LogP) is 4.34. The lowest BCUT2D eigenvalue weighted by atomic mass is 10.0. The normalized spacial score (nSPS) is 12.7. The van der Waals surface area contributed by atoms with Crippen LogP contribution in [0.15, 0.2) is 48.5 Å². The van der Waals surface area contributed by atoms with Crippen molar-refractivity contribution < 1.29 is 22.7 Å². The van der Waals surface area contributed by atoms with Crippen LogP contribution in [0.25, 0.3) is 0 Å². The number of ether oxygens (including phenoxy) is 1. The summed E-state index contributed by atoms with van der Waals surface area (Å²) in [5, 5.41) is 2.71. The molecule has 6 heteroatoms. The van der Waals surface area contributed by atoms with Crippen LogP contribution in [0.1, 0.15) is 40.0 Å². The van der Waals surface area contributed by atoms with Gasteiger partial charge in [0.25, 0.3) is 5.91 Å².